The lowest BCUT2D eigenvalue weighted by molar-refractivity contribution is -0.140. The lowest BCUT2D eigenvalue weighted by atomic mass is 9.71. The van der Waals surface area contributed by atoms with Crippen molar-refractivity contribution >= 4 is 17.4 Å². The number of aryl methyl sites for hydroxylation is 2. The normalized spacial score (nSPS) is 24.5. The second-order valence-corrected chi connectivity index (χ2v) is 7.08. The van der Waals surface area contributed by atoms with Crippen LogP contribution >= 0.6 is 0 Å². The van der Waals surface area contributed by atoms with Crippen LogP contribution in [0.2, 0.25) is 0 Å². The molecule has 2 aromatic rings. The summed E-state index contributed by atoms with van der Waals surface area (Å²) in [6.07, 6.45) is 1.03. The molecule has 5 nitrogen and oxygen atoms in total. The number of ketones is 1. The molecular weight excluding hydrogens is 330 g/mol. The molecule has 0 bridgehead atoms. The van der Waals surface area contributed by atoms with Crippen molar-refractivity contribution in [2.45, 2.75) is 25.4 Å². The molecule has 0 saturated heterocycles. The molecule has 0 spiro atoms. The van der Waals surface area contributed by atoms with Crippen LogP contribution in [-0.2, 0) is 16.8 Å². The number of carbonyl (C=O) groups excluding carboxylic acids is 2. The van der Waals surface area contributed by atoms with Crippen molar-refractivity contribution in [3.05, 3.63) is 58.7 Å². The van der Waals surface area contributed by atoms with Crippen LogP contribution in [0.3, 0.4) is 0 Å². The molecule has 0 saturated carbocycles. The summed E-state index contributed by atoms with van der Waals surface area (Å²) in [7, 11) is 3.24. The first-order valence-corrected chi connectivity index (χ1v) is 8.71. The van der Waals surface area contributed by atoms with Gasteiger partial charge >= 0.3 is 0 Å². The number of Topliss-reactive ketones (excluding diaryl/α,β-unsaturated/α-hetero) is 1. The Kier molecular flexibility index (Phi) is 3.66. The van der Waals surface area contributed by atoms with E-state index in [1.54, 1.807) is 38.4 Å². The number of benzene rings is 2. The molecule has 2 aliphatic rings. The molecule has 0 aromatic heterocycles. The highest BCUT2D eigenvalue weighted by molar-refractivity contribution is 6.12. The summed E-state index contributed by atoms with van der Waals surface area (Å²) in [5, 5.41) is 11.4. The van der Waals surface area contributed by atoms with Crippen LogP contribution in [-0.4, -0.2) is 31.0 Å². The van der Waals surface area contributed by atoms with Gasteiger partial charge in [0, 0.05) is 18.2 Å². The van der Waals surface area contributed by atoms with E-state index in [1.807, 2.05) is 19.1 Å². The highest BCUT2D eigenvalue weighted by Gasteiger charge is 2.56. The van der Waals surface area contributed by atoms with Crippen LogP contribution in [0.25, 0.3) is 0 Å². The first-order chi connectivity index (χ1) is 12.4. The number of hydrogen-bond donors (Lipinski definition) is 1. The highest BCUT2D eigenvalue weighted by atomic mass is 16.5. The number of methoxy groups -OCH3 is 1. The second-order valence-electron chi connectivity index (χ2n) is 7.08. The smallest absolute Gasteiger partial charge is 0.264 e. The zero-order valence-corrected chi connectivity index (χ0v) is 15.1. The molecule has 4 rings (SSSR count). The van der Waals surface area contributed by atoms with E-state index in [0.29, 0.717) is 29.7 Å². The summed E-state index contributed by atoms with van der Waals surface area (Å²) in [6.45, 7) is 1.88. The minimum absolute atomic E-state index is 0.182. The fraction of sp³-hybridized carbons (Fsp3) is 0.333. The molecule has 0 unspecified atom stereocenters. The van der Waals surface area contributed by atoms with Gasteiger partial charge in [-0.15, -0.1) is 0 Å². The number of rotatable bonds is 2. The van der Waals surface area contributed by atoms with Crippen LogP contribution in [0, 0.1) is 12.8 Å². The first-order valence-electron chi connectivity index (χ1n) is 8.71. The summed E-state index contributed by atoms with van der Waals surface area (Å²) < 4.78 is 5.35. The minimum atomic E-state index is -1.81. The zero-order chi connectivity index (χ0) is 18.6. The summed E-state index contributed by atoms with van der Waals surface area (Å²) in [6, 6.07) is 10.8. The largest absolute Gasteiger partial charge is 0.496 e. The SMILES string of the molecule is COc1cc2c(cc1C)C(=O)[C@H]([C@@]1(O)C(=O)N(C)c3ccccc31)CC2. The van der Waals surface area contributed by atoms with Gasteiger partial charge in [0.25, 0.3) is 5.91 Å². The Morgan fingerprint density at radius 1 is 1.23 bits per heavy atom. The summed E-state index contributed by atoms with van der Waals surface area (Å²) in [5.74, 6) is -0.666. The standard InChI is InChI=1S/C21H21NO4/c1-12-10-14-13(11-18(12)26-3)8-9-16(19(14)23)21(25)15-6-4-5-7-17(15)22(2)20(21)24/h4-7,10-11,16,25H,8-9H2,1-3H3/t16-,21-/m1/s1. The maximum absolute atomic E-state index is 13.3. The third-order valence-electron chi connectivity index (χ3n) is 5.72. The van der Waals surface area contributed by atoms with Gasteiger partial charge in [0.05, 0.1) is 18.7 Å². The number of aliphatic hydroxyl groups is 1. The van der Waals surface area contributed by atoms with Crippen molar-refractivity contribution in [1.29, 1.82) is 0 Å². The monoisotopic (exact) mass is 351 g/mol. The van der Waals surface area contributed by atoms with Crippen molar-refractivity contribution in [1.82, 2.24) is 0 Å². The van der Waals surface area contributed by atoms with E-state index in [1.165, 1.54) is 4.90 Å². The lowest BCUT2D eigenvalue weighted by Gasteiger charge is -2.34. The van der Waals surface area contributed by atoms with E-state index in [4.69, 9.17) is 4.74 Å². The molecule has 1 amide bonds. The molecule has 5 heteroatoms. The second kappa shape index (κ2) is 5.68. The average molecular weight is 351 g/mol. The molecular formula is C21H21NO4. The van der Waals surface area contributed by atoms with Gasteiger partial charge in [0.2, 0.25) is 0 Å². The number of fused-ring (bicyclic) bond motifs is 2. The van der Waals surface area contributed by atoms with Crippen LogP contribution in [0.15, 0.2) is 36.4 Å². The quantitative estimate of drug-likeness (QED) is 0.903. The summed E-state index contributed by atoms with van der Waals surface area (Å²) in [4.78, 5) is 27.6. The minimum Gasteiger partial charge on any atom is -0.496 e. The molecule has 26 heavy (non-hydrogen) atoms. The highest BCUT2D eigenvalue weighted by Crippen LogP contribution is 2.48. The Morgan fingerprint density at radius 2 is 1.96 bits per heavy atom. The van der Waals surface area contributed by atoms with E-state index >= 15 is 0 Å². The number of ether oxygens (including phenoxy) is 1. The van der Waals surface area contributed by atoms with E-state index < -0.39 is 17.4 Å². The van der Waals surface area contributed by atoms with Gasteiger partial charge in [-0.25, -0.2) is 0 Å². The van der Waals surface area contributed by atoms with Crippen LogP contribution < -0.4 is 9.64 Å². The fourth-order valence-electron chi connectivity index (χ4n) is 4.31. The van der Waals surface area contributed by atoms with E-state index in [9.17, 15) is 14.7 Å². The van der Waals surface area contributed by atoms with Gasteiger partial charge in [-0.3, -0.25) is 9.59 Å². The molecule has 1 N–H and O–H groups in total. The molecule has 2 atom stereocenters. The Bertz CT molecular complexity index is 936. The Labute approximate surface area is 152 Å². The van der Waals surface area contributed by atoms with Crippen LogP contribution in [0.1, 0.15) is 33.5 Å². The maximum atomic E-state index is 13.3. The summed E-state index contributed by atoms with van der Waals surface area (Å²) in [5.41, 5.74) is 1.71. The molecule has 0 radical (unpaired) electrons. The Hall–Kier alpha value is -2.66. The van der Waals surface area contributed by atoms with Gasteiger partial charge in [-0.2, -0.15) is 0 Å². The van der Waals surface area contributed by atoms with Crippen molar-refractivity contribution in [2.24, 2.45) is 5.92 Å². The maximum Gasteiger partial charge on any atom is 0.264 e. The molecule has 1 aliphatic heterocycles. The zero-order valence-electron chi connectivity index (χ0n) is 15.1. The van der Waals surface area contributed by atoms with E-state index in [2.05, 4.69) is 0 Å². The Morgan fingerprint density at radius 3 is 2.69 bits per heavy atom. The van der Waals surface area contributed by atoms with E-state index in [-0.39, 0.29) is 5.78 Å². The Balaban J connectivity index is 1.82. The predicted octanol–water partition coefficient (Wildman–Crippen LogP) is 2.61. The molecule has 2 aromatic carbocycles. The average Bonchev–Trinajstić information content (AvgIpc) is 2.84. The third-order valence-corrected chi connectivity index (χ3v) is 5.72. The number of anilines is 1. The number of likely N-dealkylation sites (N-methyl/N-ethyl adjacent to an activating group) is 1. The number of nitrogens with zero attached hydrogens (tertiary/aromatic N) is 1. The third kappa shape index (κ3) is 2.07. The van der Waals surface area contributed by atoms with Gasteiger partial charge in [0.1, 0.15) is 5.75 Å². The number of hydrogen-bond acceptors (Lipinski definition) is 4. The van der Waals surface area contributed by atoms with Crippen LogP contribution in [0.5, 0.6) is 5.75 Å². The fourth-order valence-corrected chi connectivity index (χ4v) is 4.31. The number of amides is 1. The molecule has 134 valence electrons. The van der Waals surface area contributed by atoms with Crippen molar-refractivity contribution in [2.75, 3.05) is 19.1 Å². The van der Waals surface area contributed by atoms with Crippen molar-refractivity contribution < 1.29 is 19.4 Å². The van der Waals surface area contributed by atoms with E-state index in [0.717, 1.165) is 16.9 Å². The molecule has 0 fully saturated rings. The molecule has 1 aliphatic carbocycles. The van der Waals surface area contributed by atoms with Gasteiger partial charge in [0.15, 0.2) is 11.4 Å². The lowest BCUT2D eigenvalue weighted by Crippen LogP contribution is -2.49. The van der Waals surface area contributed by atoms with Gasteiger partial charge in [-0.05, 0) is 49.1 Å². The van der Waals surface area contributed by atoms with Crippen molar-refractivity contribution in [3.8, 4) is 5.75 Å². The summed E-state index contributed by atoms with van der Waals surface area (Å²) >= 11 is 0. The predicted molar refractivity (Wildman–Crippen MR) is 97.6 cm³/mol. The first kappa shape index (κ1) is 16.8. The molecule has 1 heterocycles. The van der Waals surface area contributed by atoms with Gasteiger partial charge in [-0.1, -0.05) is 18.2 Å². The van der Waals surface area contributed by atoms with Crippen LogP contribution in [0.4, 0.5) is 5.69 Å². The number of para-hydroxylation sites is 1. The number of carbonyl (C=O) groups is 2. The van der Waals surface area contributed by atoms with Gasteiger partial charge < -0.3 is 14.7 Å². The topological polar surface area (TPSA) is 66.8 Å². The van der Waals surface area contributed by atoms with Crippen molar-refractivity contribution in [3.63, 3.8) is 0 Å².